The predicted octanol–water partition coefficient (Wildman–Crippen LogP) is 3.84. The fourth-order valence-corrected chi connectivity index (χ4v) is 2.58. The molecule has 1 aliphatic heterocycles. The zero-order chi connectivity index (χ0) is 19.2. The van der Waals surface area contributed by atoms with Crippen molar-refractivity contribution in [1.29, 1.82) is 0 Å². The molecule has 6 heteroatoms. The van der Waals surface area contributed by atoms with Crippen molar-refractivity contribution in [1.82, 2.24) is 0 Å². The molecule has 0 aromatic heterocycles. The Morgan fingerprint density at radius 3 is 2.52 bits per heavy atom. The molecule has 0 spiro atoms. The van der Waals surface area contributed by atoms with Crippen molar-refractivity contribution in [2.45, 2.75) is 13.3 Å². The summed E-state index contributed by atoms with van der Waals surface area (Å²) in [6.45, 7) is 2.56. The van der Waals surface area contributed by atoms with Crippen LogP contribution in [0.1, 0.15) is 24.5 Å². The first-order valence-electron chi connectivity index (χ1n) is 8.63. The van der Waals surface area contributed by atoms with Gasteiger partial charge in [-0.1, -0.05) is 19.1 Å². The number of ether oxygens (including phenoxy) is 4. The molecule has 3 rings (SSSR count). The van der Waals surface area contributed by atoms with Gasteiger partial charge in [-0.05, 0) is 42.8 Å². The van der Waals surface area contributed by atoms with E-state index in [1.807, 2.05) is 25.1 Å². The second kappa shape index (κ2) is 8.40. The summed E-state index contributed by atoms with van der Waals surface area (Å²) >= 11 is 0. The number of carbonyl (C=O) groups is 1. The van der Waals surface area contributed by atoms with Gasteiger partial charge in [0.25, 0.3) is 0 Å². The van der Waals surface area contributed by atoms with Gasteiger partial charge in [0.15, 0.2) is 17.2 Å². The third kappa shape index (κ3) is 4.11. The number of cyclic esters (lactones) is 1. The minimum Gasteiger partial charge on any atom is -0.497 e. The molecule has 2 aromatic rings. The van der Waals surface area contributed by atoms with Crippen LogP contribution in [0.15, 0.2) is 53.2 Å². The standard InChI is InChI=1S/C21H21NO5/c1-4-12-26-19-15(6-5-7-18(19)25-3)13-17-21(23)27-20(22-17)14-8-10-16(24-2)11-9-14/h5-11,13H,4,12H2,1-3H3. The summed E-state index contributed by atoms with van der Waals surface area (Å²) in [5.74, 6) is 1.64. The van der Waals surface area contributed by atoms with E-state index in [4.69, 9.17) is 18.9 Å². The van der Waals surface area contributed by atoms with Gasteiger partial charge in [0, 0.05) is 11.1 Å². The minimum atomic E-state index is -0.509. The molecule has 0 atom stereocenters. The Labute approximate surface area is 158 Å². The molecule has 140 valence electrons. The summed E-state index contributed by atoms with van der Waals surface area (Å²) in [4.78, 5) is 16.6. The lowest BCUT2D eigenvalue weighted by Crippen LogP contribution is -2.05. The van der Waals surface area contributed by atoms with Crippen LogP contribution in [0.5, 0.6) is 17.2 Å². The molecule has 0 N–H and O–H groups in total. The smallest absolute Gasteiger partial charge is 0.363 e. The summed E-state index contributed by atoms with van der Waals surface area (Å²) < 4.78 is 21.6. The molecule has 27 heavy (non-hydrogen) atoms. The van der Waals surface area contributed by atoms with Gasteiger partial charge in [-0.25, -0.2) is 9.79 Å². The number of para-hydroxylation sites is 1. The minimum absolute atomic E-state index is 0.204. The number of carbonyl (C=O) groups excluding carboxylic acids is 1. The zero-order valence-electron chi connectivity index (χ0n) is 15.5. The number of nitrogens with zero attached hydrogens (tertiary/aromatic N) is 1. The number of benzene rings is 2. The number of methoxy groups -OCH3 is 2. The fraction of sp³-hybridized carbons (Fsp3) is 0.238. The Kier molecular flexibility index (Phi) is 5.76. The molecule has 0 aliphatic carbocycles. The van der Waals surface area contributed by atoms with E-state index < -0.39 is 5.97 Å². The van der Waals surface area contributed by atoms with Crippen LogP contribution >= 0.6 is 0 Å². The lowest BCUT2D eigenvalue weighted by molar-refractivity contribution is -0.129. The Bertz CT molecular complexity index is 884. The molecule has 1 aliphatic rings. The number of hydrogen-bond acceptors (Lipinski definition) is 6. The van der Waals surface area contributed by atoms with E-state index in [1.54, 1.807) is 44.6 Å². The zero-order valence-corrected chi connectivity index (χ0v) is 15.5. The second-order valence-corrected chi connectivity index (χ2v) is 5.79. The van der Waals surface area contributed by atoms with Gasteiger partial charge in [-0.3, -0.25) is 0 Å². The number of hydrogen-bond donors (Lipinski definition) is 0. The SMILES string of the molecule is CCCOc1c(C=C2N=C(c3ccc(OC)cc3)OC2=O)cccc1OC. The highest BCUT2D eigenvalue weighted by Gasteiger charge is 2.25. The van der Waals surface area contributed by atoms with Crippen LogP contribution in [0.2, 0.25) is 0 Å². The first-order chi connectivity index (χ1) is 13.2. The molecule has 1 heterocycles. The van der Waals surface area contributed by atoms with Gasteiger partial charge < -0.3 is 18.9 Å². The average molecular weight is 367 g/mol. The molecule has 0 unspecified atom stereocenters. The van der Waals surface area contributed by atoms with Gasteiger partial charge in [0.05, 0.1) is 20.8 Å². The molecule has 2 aromatic carbocycles. The molecule has 0 amide bonds. The molecule has 0 saturated heterocycles. The molecule has 0 fully saturated rings. The van der Waals surface area contributed by atoms with E-state index in [2.05, 4.69) is 4.99 Å². The van der Waals surface area contributed by atoms with E-state index in [1.165, 1.54) is 0 Å². The van der Waals surface area contributed by atoms with Crippen molar-refractivity contribution in [2.75, 3.05) is 20.8 Å². The largest absolute Gasteiger partial charge is 0.497 e. The average Bonchev–Trinajstić information content (AvgIpc) is 3.07. The summed E-state index contributed by atoms with van der Waals surface area (Å²) in [6, 6.07) is 12.6. The summed E-state index contributed by atoms with van der Waals surface area (Å²) in [5, 5.41) is 0. The predicted molar refractivity (Wildman–Crippen MR) is 102 cm³/mol. The summed E-state index contributed by atoms with van der Waals surface area (Å²) in [6.07, 6.45) is 2.50. The first-order valence-corrected chi connectivity index (χ1v) is 8.63. The van der Waals surface area contributed by atoms with Crippen LogP contribution in [0.4, 0.5) is 0 Å². The van der Waals surface area contributed by atoms with Crippen molar-refractivity contribution < 1.29 is 23.7 Å². The molecule has 0 bridgehead atoms. The van der Waals surface area contributed by atoms with E-state index in [9.17, 15) is 4.79 Å². The first kappa shape index (κ1) is 18.5. The molecule has 6 nitrogen and oxygen atoms in total. The quantitative estimate of drug-likeness (QED) is 0.549. The Morgan fingerprint density at radius 2 is 1.85 bits per heavy atom. The van der Waals surface area contributed by atoms with Crippen LogP contribution < -0.4 is 14.2 Å². The molecular formula is C21H21NO5. The fourth-order valence-electron chi connectivity index (χ4n) is 2.58. The third-order valence-electron chi connectivity index (χ3n) is 3.93. The lowest BCUT2D eigenvalue weighted by Gasteiger charge is -2.12. The van der Waals surface area contributed by atoms with Crippen LogP contribution in [0.25, 0.3) is 6.08 Å². The second-order valence-electron chi connectivity index (χ2n) is 5.79. The molecular weight excluding hydrogens is 346 g/mol. The molecule has 0 saturated carbocycles. The van der Waals surface area contributed by atoms with Crippen molar-refractivity contribution in [3.8, 4) is 17.2 Å². The highest BCUT2D eigenvalue weighted by Crippen LogP contribution is 2.33. The van der Waals surface area contributed by atoms with Crippen molar-refractivity contribution in [2.24, 2.45) is 4.99 Å². The Hall–Kier alpha value is -3.28. The van der Waals surface area contributed by atoms with Gasteiger partial charge in [0.2, 0.25) is 5.90 Å². The van der Waals surface area contributed by atoms with Crippen molar-refractivity contribution in [3.63, 3.8) is 0 Å². The van der Waals surface area contributed by atoms with Crippen LogP contribution in [-0.4, -0.2) is 32.7 Å². The van der Waals surface area contributed by atoms with Crippen molar-refractivity contribution >= 4 is 17.9 Å². The number of rotatable bonds is 7. The van der Waals surface area contributed by atoms with Crippen LogP contribution in [0, 0.1) is 0 Å². The summed E-state index contributed by atoms with van der Waals surface area (Å²) in [5.41, 5.74) is 1.60. The van der Waals surface area contributed by atoms with Gasteiger partial charge >= 0.3 is 5.97 Å². The van der Waals surface area contributed by atoms with E-state index >= 15 is 0 Å². The third-order valence-corrected chi connectivity index (χ3v) is 3.93. The van der Waals surface area contributed by atoms with E-state index in [0.717, 1.165) is 6.42 Å². The maximum Gasteiger partial charge on any atom is 0.363 e. The highest BCUT2D eigenvalue weighted by atomic mass is 16.6. The van der Waals surface area contributed by atoms with Gasteiger partial charge in [-0.2, -0.15) is 0 Å². The van der Waals surface area contributed by atoms with Crippen molar-refractivity contribution in [3.05, 3.63) is 59.3 Å². The van der Waals surface area contributed by atoms with Crippen LogP contribution in [-0.2, 0) is 9.53 Å². The van der Waals surface area contributed by atoms with E-state index in [-0.39, 0.29) is 11.6 Å². The van der Waals surface area contributed by atoms with Gasteiger partial charge in [-0.15, -0.1) is 0 Å². The summed E-state index contributed by atoms with van der Waals surface area (Å²) in [7, 11) is 3.17. The lowest BCUT2D eigenvalue weighted by atomic mass is 10.1. The number of esters is 1. The Balaban J connectivity index is 1.94. The van der Waals surface area contributed by atoms with Crippen LogP contribution in [0.3, 0.4) is 0 Å². The Morgan fingerprint density at radius 1 is 1.07 bits per heavy atom. The monoisotopic (exact) mass is 367 g/mol. The highest BCUT2D eigenvalue weighted by molar-refractivity contribution is 6.13. The van der Waals surface area contributed by atoms with E-state index in [0.29, 0.717) is 35.0 Å². The number of aliphatic imine (C=N–C) groups is 1. The maximum absolute atomic E-state index is 12.3. The molecule has 0 radical (unpaired) electrons. The normalized spacial score (nSPS) is 14.7. The topological polar surface area (TPSA) is 66.3 Å². The van der Waals surface area contributed by atoms with Gasteiger partial charge in [0.1, 0.15) is 5.75 Å². The maximum atomic E-state index is 12.3.